The van der Waals surface area contributed by atoms with E-state index in [2.05, 4.69) is 11.7 Å². The molecule has 0 aromatic carbocycles. The van der Waals surface area contributed by atoms with Crippen molar-refractivity contribution in [3.05, 3.63) is 24.1 Å². The number of rotatable bonds is 1. The summed E-state index contributed by atoms with van der Waals surface area (Å²) >= 11 is 0. The summed E-state index contributed by atoms with van der Waals surface area (Å²) in [5.74, 6) is 0.0484. The molecule has 3 atom stereocenters. The topological polar surface area (TPSA) is 46.2 Å². The van der Waals surface area contributed by atoms with E-state index in [1.807, 2.05) is 27.2 Å². The van der Waals surface area contributed by atoms with Crippen molar-refractivity contribution in [1.29, 1.82) is 0 Å². The average molecular weight is 602 g/mol. The number of ketones is 1. The summed E-state index contributed by atoms with van der Waals surface area (Å²) < 4.78 is 0. The molecule has 0 amide bonds. The van der Waals surface area contributed by atoms with E-state index in [9.17, 15) is 9.59 Å². The Morgan fingerprint density at radius 3 is 2.32 bits per heavy atom. The summed E-state index contributed by atoms with van der Waals surface area (Å²) in [6.45, 7) is 7.78. The Morgan fingerprint density at radius 1 is 1.32 bits per heavy atom. The zero-order chi connectivity index (χ0) is 12.3. The number of carbonyl (C=O) groups is 1. The molecule has 0 spiro atoms. The van der Waals surface area contributed by atoms with Gasteiger partial charge in [0.2, 0.25) is 0 Å². The quantitative estimate of drug-likeness (QED) is 0.369. The number of nitrogens with one attached hydrogen (secondary N) is 1. The van der Waals surface area contributed by atoms with Crippen molar-refractivity contribution in [3.8, 4) is 0 Å². The fraction of sp³-hybridized carbons (Fsp3) is 0.538. The maximum Gasteiger partial charge on any atom is 0.0676 e. The number of carbonyl (C=O) groups excluding carboxylic acids is 2. The van der Waals surface area contributed by atoms with Crippen LogP contribution in [0.2, 0.25) is 0 Å². The first-order valence-corrected chi connectivity index (χ1v) is 5.73. The molecule has 1 N–H and O–H groups in total. The Labute approximate surface area is 178 Å². The Hall–Kier alpha value is 1.62. The second kappa shape index (κ2) is 12.2. The molecular weight excluding hydrogens is 580 g/mol. The van der Waals surface area contributed by atoms with Crippen LogP contribution in [0.4, 0.5) is 0 Å². The van der Waals surface area contributed by atoms with Gasteiger partial charge in [0.15, 0.2) is 0 Å². The maximum atomic E-state index is 11.8. The van der Waals surface area contributed by atoms with E-state index < -0.39 is 0 Å². The van der Waals surface area contributed by atoms with Crippen LogP contribution in [0.1, 0.15) is 29.1 Å². The van der Waals surface area contributed by atoms with Crippen molar-refractivity contribution >= 4 is 12.1 Å². The minimum absolute atomic E-state index is 0. The van der Waals surface area contributed by atoms with Crippen molar-refractivity contribution in [2.75, 3.05) is 0 Å². The van der Waals surface area contributed by atoms with Gasteiger partial charge in [0.05, 0.1) is 6.29 Å². The number of hydrogen-bond acceptors (Lipinski definition) is 3. The third kappa shape index (κ3) is 6.09. The van der Waals surface area contributed by atoms with Gasteiger partial charge in [-0.25, -0.2) is 0 Å². The summed E-state index contributed by atoms with van der Waals surface area (Å²) in [5, 5.41) is 3.15. The van der Waals surface area contributed by atoms with Crippen molar-refractivity contribution in [2.24, 2.45) is 11.8 Å². The predicted octanol–water partition coefficient (Wildman–Crippen LogP) is 1.85. The molecule has 1 aliphatic heterocycles. The summed E-state index contributed by atoms with van der Waals surface area (Å²) in [4.78, 5) is 22.4. The molecule has 0 bridgehead atoms. The van der Waals surface area contributed by atoms with Gasteiger partial charge >= 0.3 is 0 Å². The molecule has 1 fully saturated rings. The Bertz CT molecular complexity index is 342. The minimum atomic E-state index is -0.176. The Balaban J connectivity index is -0.000000204. The first-order chi connectivity index (χ1) is 7.63. The molecule has 1 aliphatic carbocycles. The van der Waals surface area contributed by atoms with E-state index in [1.165, 1.54) is 0 Å². The van der Waals surface area contributed by atoms with Crippen LogP contribution >= 0.6 is 0 Å². The first kappa shape index (κ1) is 25.6. The van der Waals surface area contributed by atoms with E-state index in [4.69, 9.17) is 0 Å². The van der Waals surface area contributed by atoms with Crippen LogP contribution in [0.5, 0.6) is 0 Å². The molecule has 0 saturated heterocycles. The van der Waals surface area contributed by atoms with Crippen molar-refractivity contribution in [2.45, 2.75) is 33.7 Å². The van der Waals surface area contributed by atoms with Crippen LogP contribution in [-0.2, 0) is 60.9 Å². The largest absolute Gasteiger partial charge is 0.467 e. The SMILES string of the molecule is CC.CC1=C([C-]=O)C(=O)C2[CH-]C(C)[CH-]C2N1.[3HH].[U].[V].[Y]. The van der Waals surface area contributed by atoms with Crippen LogP contribution in [0.15, 0.2) is 11.3 Å². The molecule has 2 aliphatic rings. The third-order valence-electron chi connectivity index (χ3n) is 2.82. The molecule has 3 unspecified atom stereocenters. The molecule has 1 saturated carbocycles. The molecule has 1 heterocycles. The van der Waals surface area contributed by atoms with Crippen LogP contribution in [-0.4, -0.2) is 18.1 Å². The van der Waals surface area contributed by atoms with Gasteiger partial charge in [-0.05, 0) is 0 Å². The van der Waals surface area contributed by atoms with Crippen molar-refractivity contribution in [1.82, 2.24) is 5.32 Å². The standard InChI is InChI=1S/C11H12NO2.C2H6.U.V.Y.H2/c1-6-3-8-10(4-6)12-7(2)9(5-13)11(8)14;1-2;;;;/h3-4,6,8,10,12H,1-2H3;1-2H3;;;;1H/q-3;;;;;/i;;;;;1+2. The molecule has 3 nitrogen and oxygen atoms in total. The Morgan fingerprint density at radius 2 is 1.84 bits per heavy atom. The molecule has 19 heavy (non-hydrogen) atoms. The fourth-order valence-corrected chi connectivity index (χ4v) is 2.15. The van der Waals surface area contributed by atoms with E-state index in [-0.39, 0.29) is 107 Å². The summed E-state index contributed by atoms with van der Waals surface area (Å²) in [7, 11) is 0. The van der Waals surface area contributed by atoms with Gasteiger partial charge in [0, 0.05) is 89.6 Å². The van der Waals surface area contributed by atoms with Gasteiger partial charge < -0.3 is 33.7 Å². The van der Waals surface area contributed by atoms with Crippen molar-refractivity contribution in [3.63, 3.8) is 0 Å². The zero-order valence-corrected chi connectivity index (χ0v) is 20.1. The van der Waals surface area contributed by atoms with Gasteiger partial charge in [0.25, 0.3) is 0 Å². The van der Waals surface area contributed by atoms with Gasteiger partial charge in [-0.3, -0.25) is 0 Å². The number of allylic oxidation sites excluding steroid dienone is 2. The van der Waals surface area contributed by atoms with Gasteiger partial charge in [-0.2, -0.15) is 5.92 Å². The summed E-state index contributed by atoms with van der Waals surface area (Å²) in [5.41, 5.74) is 0.815. The summed E-state index contributed by atoms with van der Waals surface area (Å²) in [6.07, 6.45) is 5.78. The second-order valence-electron chi connectivity index (χ2n) is 3.91. The molecular formula is C13H20NO2UVY-3. The zero-order valence-electron chi connectivity index (χ0n) is 11.7. The second-order valence-corrected chi connectivity index (χ2v) is 3.91. The maximum absolute atomic E-state index is 11.8. The van der Waals surface area contributed by atoms with Crippen LogP contribution in [0.3, 0.4) is 0 Å². The number of Topliss-reactive ketones (excluding diaryl/α,β-unsaturated/α-hetero) is 1. The van der Waals surface area contributed by atoms with Crippen LogP contribution in [0.25, 0.3) is 0 Å². The van der Waals surface area contributed by atoms with E-state index in [0.717, 1.165) is 0 Å². The van der Waals surface area contributed by atoms with Gasteiger partial charge in [-0.1, -0.05) is 32.0 Å². The first-order valence-electron chi connectivity index (χ1n) is 5.73. The average Bonchev–Trinajstić information content (AvgIpc) is 2.63. The van der Waals surface area contributed by atoms with Crippen LogP contribution in [0, 0.1) is 55.8 Å². The van der Waals surface area contributed by atoms with Crippen molar-refractivity contribution < 1.29 is 93.4 Å². The summed E-state index contributed by atoms with van der Waals surface area (Å²) in [6, 6.07) is 0.0644. The monoisotopic (exact) mass is 602 g/mol. The predicted molar refractivity (Wildman–Crippen MR) is 65.0 cm³/mol. The number of hydrogen-bond donors (Lipinski definition) is 1. The Kier molecular flexibility index (Phi) is 16.4. The fourth-order valence-electron chi connectivity index (χ4n) is 2.15. The minimum Gasteiger partial charge on any atom is -0.467 e. The van der Waals surface area contributed by atoms with Crippen LogP contribution < -0.4 is 5.32 Å². The third-order valence-corrected chi connectivity index (χ3v) is 2.82. The smallest absolute Gasteiger partial charge is 0.0676 e. The molecule has 0 aromatic rings. The van der Waals surface area contributed by atoms with E-state index >= 15 is 0 Å². The molecule has 6 heteroatoms. The van der Waals surface area contributed by atoms with E-state index in [1.54, 1.807) is 13.2 Å². The number of fused-ring (bicyclic) bond motifs is 1. The molecule has 0 aromatic heterocycles. The van der Waals surface area contributed by atoms with Gasteiger partial charge in [0.1, 0.15) is 0 Å². The van der Waals surface area contributed by atoms with E-state index in [0.29, 0.717) is 11.6 Å². The molecule has 104 valence electrons. The normalized spacial score (nSPS) is 27.4. The molecule has 2 radical (unpaired) electrons. The van der Waals surface area contributed by atoms with Gasteiger partial charge in [-0.15, -0.1) is 13.0 Å². The molecule has 2 rings (SSSR count).